The van der Waals surface area contributed by atoms with Crippen LogP contribution in [-0.2, 0) is 14.8 Å². The molecule has 0 radical (unpaired) electrons. The van der Waals surface area contributed by atoms with Gasteiger partial charge in [-0.2, -0.15) is 9.57 Å². The fourth-order valence-electron chi connectivity index (χ4n) is 4.71. The van der Waals surface area contributed by atoms with Crippen molar-refractivity contribution in [3.05, 3.63) is 42.5 Å². The first-order valence-corrected chi connectivity index (χ1v) is 12.8. The minimum atomic E-state index is -3.58. The van der Waals surface area contributed by atoms with Gasteiger partial charge in [0.25, 0.3) is 0 Å². The van der Waals surface area contributed by atoms with Crippen molar-refractivity contribution in [3.8, 4) is 6.07 Å². The van der Waals surface area contributed by atoms with E-state index in [9.17, 15) is 18.5 Å². The molecular formula is C24H30N4O3S. The Hall–Kier alpha value is -2.47. The van der Waals surface area contributed by atoms with Gasteiger partial charge in [0.2, 0.25) is 15.9 Å². The number of nitrogens with zero attached hydrogens (tertiary/aromatic N) is 3. The second-order valence-corrected chi connectivity index (χ2v) is 10.8. The Morgan fingerprint density at radius 2 is 1.62 bits per heavy atom. The molecule has 2 fully saturated rings. The van der Waals surface area contributed by atoms with E-state index in [4.69, 9.17) is 0 Å². The summed E-state index contributed by atoms with van der Waals surface area (Å²) in [6.07, 6.45) is 5.53. The van der Waals surface area contributed by atoms with Crippen LogP contribution < -0.4 is 5.32 Å². The number of carbonyl (C=O) groups is 1. The fourth-order valence-corrected chi connectivity index (χ4v) is 6.17. The number of nitriles is 1. The zero-order valence-electron chi connectivity index (χ0n) is 18.3. The highest BCUT2D eigenvalue weighted by Crippen LogP contribution is 2.27. The SMILES string of the molecule is N#CC1(NC(=O)CN2CCN(S(=O)(=O)c3ccc4ccccc4c3)CC2)CCCCCC1. The molecule has 2 aromatic carbocycles. The number of hydrogen-bond acceptors (Lipinski definition) is 5. The van der Waals surface area contributed by atoms with Gasteiger partial charge in [0.05, 0.1) is 17.5 Å². The molecule has 0 atom stereocenters. The van der Waals surface area contributed by atoms with Crippen LogP contribution >= 0.6 is 0 Å². The Morgan fingerprint density at radius 3 is 2.28 bits per heavy atom. The summed E-state index contributed by atoms with van der Waals surface area (Å²) in [7, 11) is -3.58. The van der Waals surface area contributed by atoms with Gasteiger partial charge in [0.1, 0.15) is 5.54 Å². The fraction of sp³-hybridized carbons (Fsp3) is 0.500. The number of sulfonamides is 1. The smallest absolute Gasteiger partial charge is 0.243 e. The van der Waals surface area contributed by atoms with Crippen LogP contribution in [-0.4, -0.2) is 61.8 Å². The van der Waals surface area contributed by atoms with Crippen molar-refractivity contribution in [1.29, 1.82) is 5.26 Å². The van der Waals surface area contributed by atoms with Crippen molar-refractivity contribution in [3.63, 3.8) is 0 Å². The first kappa shape index (κ1) is 22.7. The standard InChI is InChI=1S/C24H30N4O3S/c25-19-24(11-5-1-2-6-12-24)26-23(29)18-27-13-15-28(16-14-27)32(30,31)22-10-9-20-7-3-4-8-21(20)17-22/h3-4,7-10,17H,1-2,5-6,11-16,18H2,(H,26,29). The van der Waals surface area contributed by atoms with Gasteiger partial charge in [-0.05, 0) is 35.7 Å². The van der Waals surface area contributed by atoms with Crippen molar-refractivity contribution < 1.29 is 13.2 Å². The van der Waals surface area contributed by atoms with Crippen LogP contribution in [0.5, 0.6) is 0 Å². The monoisotopic (exact) mass is 454 g/mol. The van der Waals surface area contributed by atoms with E-state index in [-0.39, 0.29) is 12.5 Å². The van der Waals surface area contributed by atoms with Crippen LogP contribution in [0.3, 0.4) is 0 Å². The average molecular weight is 455 g/mol. The van der Waals surface area contributed by atoms with Crippen molar-refractivity contribution in [2.24, 2.45) is 0 Å². The lowest BCUT2D eigenvalue weighted by Crippen LogP contribution is -2.54. The average Bonchev–Trinajstić information content (AvgIpc) is 3.05. The molecule has 1 N–H and O–H groups in total. The molecule has 1 aliphatic heterocycles. The molecule has 0 unspecified atom stereocenters. The normalized spacial score (nSPS) is 20.3. The third-order valence-corrected chi connectivity index (χ3v) is 8.50. The summed E-state index contributed by atoms with van der Waals surface area (Å²) in [4.78, 5) is 14.9. The molecule has 0 spiro atoms. The van der Waals surface area contributed by atoms with E-state index in [1.807, 2.05) is 35.2 Å². The van der Waals surface area contributed by atoms with Crippen LogP contribution in [0, 0.1) is 11.3 Å². The molecule has 8 heteroatoms. The highest BCUT2D eigenvalue weighted by Gasteiger charge is 2.34. The summed E-state index contributed by atoms with van der Waals surface area (Å²) in [5.41, 5.74) is -0.755. The van der Waals surface area contributed by atoms with E-state index in [1.165, 1.54) is 4.31 Å². The summed E-state index contributed by atoms with van der Waals surface area (Å²) in [6, 6.07) is 15.3. The predicted molar refractivity (Wildman–Crippen MR) is 123 cm³/mol. The Balaban J connectivity index is 1.35. The molecule has 7 nitrogen and oxygen atoms in total. The largest absolute Gasteiger partial charge is 0.337 e. The maximum Gasteiger partial charge on any atom is 0.243 e. The Morgan fingerprint density at radius 1 is 0.969 bits per heavy atom. The zero-order chi connectivity index (χ0) is 22.6. The predicted octanol–water partition coefficient (Wildman–Crippen LogP) is 2.88. The van der Waals surface area contributed by atoms with Gasteiger partial charge in [-0.3, -0.25) is 9.69 Å². The van der Waals surface area contributed by atoms with E-state index in [2.05, 4.69) is 11.4 Å². The summed E-state index contributed by atoms with van der Waals surface area (Å²) in [5, 5.41) is 14.6. The van der Waals surface area contributed by atoms with Crippen molar-refractivity contribution >= 4 is 26.7 Å². The minimum Gasteiger partial charge on any atom is -0.337 e. The molecule has 1 saturated carbocycles. The summed E-state index contributed by atoms with van der Waals surface area (Å²) < 4.78 is 27.7. The maximum absolute atomic E-state index is 13.1. The van der Waals surface area contributed by atoms with Gasteiger partial charge in [0.15, 0.2) is 0 Å². The number of piperazine rings is 1. The molecule has 1 aliphatic carbocycles. The van der Waals surface area contributed by atoms with Crippen LogP contribution in [0.25, 0.3) is 10.8 Å². The van der Waals surface area contributed by atoms with Gasteiger partial charge in [-0.15, -0.1) is 0 Å². The molecule has 1 heterocycles. The maximum atomic E-state index is 13.1. The topological polar surface area (TPSA) is 93.5 Å². The number of amides is 1. The van der Waals surface area contributed by atoms with Crippen molar-refractivity contribution in [2.45, 2.75) is 49.0 Å². The van der Waals surface area contributed by atoms with Gasteiger partial charge in [-0.1, -0.05) is 56.0 Å². The molecule has 32 heavy (non-hydrogen) atoms. The van der Waals surface area contributed by atoms with Crippen LogP contribution in [0.1, 0.15) is 38.5 Å². The van der Waals surface area contributed by atoms with Crippen LogP contribution in [0.15, 0.2) is 47.4 Å². The second kappa shape index (κ2) is 9.57. The van der Waals surface area contributed by atoms with E-state index in [0.717, 1.165) is 36.5 Å². The third-order valence-electron chi connectivity index (χ3n) is 6.61. The molecule has 1 amide bonds. The van der Waals surface area contributed by atoms with Crippen LogP contribution in [0.4, 0.5) is 0 Å². The van der Waals surface area contributed by atoms with Gasteiger partial charge < -0.3 is 5.32 Å². The molecule has 170 valence electrons. The Kier molecular flexibility index (Phi) is 6.79. The molecule has 0 bridgehead atoms. The number of hydrogen-bond donors (Lipinski definition) is 1. The van der Waals surface area contributed by atoms with Crippen molar-refractivity contribution in [1.82, 2.24) is 14.5 Å². The van der Waals surface area contributed by atoms with E-state index >= 15 is 0 Å². The Bertz CT molecular complexity index is 1110. The van der Waals surface area contributed by atoms with E-state index < -0.39 is 15.6 Å². The van der Waals surface area contributed by atoms with Gasteiger partial charge in [-0.25, -0.2) is 8.42 Å². The van der Waals surface area contributed by atoms with Gasteiger partial charge in [0, 0.05) is 26.2 Å². The minimum absolute atomic E-state index is 0.153. The van der Waals surface area contributed by atoms with Crippen molar-refractivity contribution in [2.75, 3.05) is 32.7 Å². The second-order valence-electron chi connectivity index (χ2n) is 8.85. The quantitative estimate of drug-likeness (QED) is 0.701. The summed E-state index contributed by atoms with van der Waals surface area (Å²) >= 11 is 0. The number of carbonyl (C=O) groups excluding carboxylic acids is 1. The molecule has 0 aromatic heterocycles. The Labute approximate surface area is 190 Å². The highest BCUT2D eigenvalue weighted by atomic mass is 32.2. The van der Waals surface area contributed by atoms with Gasteiger partial charge >= 0.3 is 0 Å². The lowest BCUT2D eigenvalue weighted by molar-refractivity contribution is -0.124. The highest BCUT2D eigenvalue weighted by molar-refractivity contribution is 7.89. The molecular weight excluding hydrogens is 424 g/mol. The third kappa shape index (κ3) is 4.96. The summed E-state index contributed by atoms with van der Waals surface area (Å²) in [5.74, 6) is -0.153. The number of nitrogens with one attached hydrogen (secondary N) is 1. The molecule has 1 saturated heterocycles. The first-order valence-electron chi connectivity index (χ1n) is 11.4. The molecule has 4 rings (SSSR count). The first-order chi connectivity index (χ1) is 15.4. The lowest BCUT2D eigenvalue weighted by Gasteiger charge is -2.34. The molecule has 2 aliphatic rings. The zero-order valence-corrected chi connectivity index (χ0v) is 19.1. The number of rotatable bonds is 5. The molecule has 2 aromatic rings. The number of fused-ring (bicyclic) bond motifs is 1. The van der Waals surface area contributed by atoms with Crippen LogP contribution in [0.2, 0.25) is 0 Å². The van der Waals surface area contributed by atoms with E-state index in [0.29, 0.717) is 43.9 Å². The number of benzene rings is 2. The lowest BCUT2D eigenvalue weighted by atomic mass is 9.92. The van der Waals surface area contributed by atoms with E-state index in [1.54, 1.807) is 12.1 Å². The summed E-state index contributed by atoms with van der Waals surface area (Å²) in [6.45, 7) is 1.84.